The predicted molar refractivity (Wildman–Crippen MR) is 151 cm³/mol. The van der Waals surface area contributed by atoms with Crippen molar-refractivity contribution in [2.75, 3.05) is 63.9 Å². The number of ether oxygens (including phenoxy) is 1. The summed E-state index contributed by atoms with van der Waals surface area (Å²) in [6, 6.07) is 9.57. The maximum atomic E-state index is 13.6. The largest absolute Gasteiger partial charge is 0.481 e. The van der Waals surface area contributed by atoms with Crippen molar-refractivity contribution in [1.29, 1.82) is 0 Å². The standard InChI is InChI=1S/C28H35N7O7/c1-2-42-28(41)35-16-14-34(15-17-35)27(40)21(8-9-24(37)38)30-26(39)22-18-23(33-12-10-32(19-36)11-13-33)31-25(29-22)20-6-4-3-5-7-20/h3-7,18-19,21H,2,8-17H2,1H3,(H,30,39)(H,37,38). The van der Waals surface area contributed by atoms with Crippen molar-refractivity contribution in [2.45, 2.75) is 25.8 Å². The molecule has 2 saturated heterocycles. The lowest BCUT2D eigenvalue weighted by atomic mass is 10.1. The molecule has 0 radical (unpaired) electrons. The van der Waals surface area contributed by atoms with Gasteiger partial charge in [0.1, 0.15) is 17.6 Å². The first kappa shape index (κ1) is 30.2. The van der Waals surface area contributed by atoms with Crippen molar-refractivity contribution in [1.82, 2.24) is 30.0 Å². The van der Waals surface area contributed by atoms with Crippen LogP contribution in [-0.4, -0.2) is 125 Å². The Hall–Kier alpha value is -4.75. The van der Waals surface area contributed by atoms with Crippen LogP contribution in [0.1, 0.15) is 30.3 Å². The van der Waals surface area contributed by atoms with Crippen LogP contribution in [0.25, 0.3) is 11.4 Å². The maximum Gasteiger partial charge on any atom is 0.409 e. The highest BCUT2D eigenvalue weighted by molar-refractivity contribution is 5.97. The van der Waals surface area contributed by atoms with Crippen LogP contribution in [0.2, 0.25) is 0 Å². The topological polar surface area (TPSA) is 166 Å². The summed E-state index contributed by atoms with van der Waals surface area (Å²) < 4.78 is 5.03. The average Bonchev–Trinajstić information content (AvgIpc) is 3.03. The first-order chi connectivity index (χ1) is 20.3. The lowest BCUT2D eigenvalue weighted by molar-refractivity contribution is -0.138. The van der Waals surface area contributed by atoms with E-state index in [1.165, 1.54) is 15.9 Å². The summed E-state index contributed by atoms with van der Waals surface area (Å²) in [4.78, 5) is 77.4. The SMILES string of the molecule is CCOC(=O)N1CCN(C(=O)C(CCC(=O)O)NC(=O)c2cc(N3CCN(C=O)CC3)nc(-c3ccccc3)n2)CC1. The molecule has 14 nitrogen and oxygen atoms in total. The Morgan fingerprint density at radius 3 is 2.26 bits per heavy atom. The third-order valence-corrected chi connectivity index (χ3v) is 7.13. The Morgan fingerprint density at radius 2 is 1.64 bits per heavy atom. The minimum atomic E-state index is -1.11. The molecular formula is C28H35N7O7. The second-order valence-corrected chi connectivity index (χ2v) is 9.90. The Balaban J connectivity index is 1.54. The van der Waals surface area contributed by atoms with E-state index in [-0.39, 0.29) is 51.3 Å². The molecule has 0 spiro atoms. The number of amides is 4. The fourth-order valence-electron chi connectivity index (χ4n) is 4.79. The van der Waals surface area contributed by atoms with Crippen LogP contribution in [0.4, 0.5) is 10.6 Å². The van der Waals surface area contributed by atoms with Gasteiger partial charge in [-0.25, -0.2) is 14.8 Å². The molecule has 3 heterocycles. The Morgan fingerprint density at radius 1 is 0.976 bits per heavy atom. The molecule has 42 heavy (non-hydrogen) atoms. The lowest BCUT2D eigenvalue weighted by Crippen LogP contribution is -2.56. The number of carbonyl (C=O) groups is 5. The minimum Gasteiger partial charge on any atom is -0.481 e. The average molecular weight is 582 g/mol. The van der Waals surface area contributed by atoms with Crippen LogP contribution in [0, 0.1) is 0 Å². The molecule has 4 amide bonds. The second kappa shape index (κ2) is 14.2. The van der Waals surface area contributed by atoms with Gasteiger partial charge in [-0.2, -0.15) is 0 Å². The van der Waals surface area contributed by atoms with Crippen LogP contribution in [0.3, 0.4) is 0 Å². The van der Waals surface area contributed by atoms with E-state index in [9.17, 15) is 29.1 Å². The molecule has 2 aliphatic rings. The van der Waals surface area contributed by atoms with Gasteiger partial charge in [-0.05, 0) is 13.3 Å². The first-order valence-electron chi connectivity index (χ1n) is 13.9. The van der Waals surface area contributed by atoms with E-state index in [2.05, 4.69) is 15.3 Å². The number of aromatic nitrogens is 2. The number of aliphatic carboxylic acids is 1. The number of rotatable bonds is 10. The zero-order chi connectivity index (χ0) is 30.1. The van der Waals surface area contributed by atoms with E-state index in [0.717, 1.165) is 6.41 Å². The predicted octanol–water partition coefficient (Wildman–Crippen LogP) is 0.686. The van der Waals surface area contributed by atoms with Crippen molar-refractivity contribution in [3.63, 3.8) is 0 Å². The van der Waals surface area contributed by atoms with Crippen LogP contribution >= 0.6 is 0 Å². The van der Waals surface area contributed by atoms with E-state index < -0.39 is 29.9 Å². The molecule has 2 aromatic rings. The number of benzene rings is 1. The Kier molecular flexibility index (Phi) is 10.2. The van der Waals surface area contributed by atoms with Gasteiger partial charge < -0.3 is 34.8 Å². The second-order valence-electron chi connectivity index (χ2n) is 9.90. The summed E-state index contributed by atoms with van der Waals surface area (Å²) in [7, 11) is 0. The van der Waals surface area contributed by atoms with Crippen LogP contribution in [0.5, 0.6) is 0 Å². The van der Waals surface area contributed by atoms with Gasteiger partial charge in [-0.15, -0.1) is 0 Å². The lowest BCUT2D eigenvalue weighted by Gasteiger charge is -2.36. The normalized spacial score (nSPS) is 16.0. The summed E-state index contributed by atoms with van der Waals surface area (Å²) in [6.07, 6.45) is -0.0991. The molecular weight excluding hydrogens is 546 g/mol. The molecule has 1 aromatic carbocycles. The van der Waals surface area contributed by atoms with Gasteiger partial charge in [0.05, 0.1) is 6.61 Å². The third kappa shape index (κ3) is 7.71. The van der Waals surface area contributed by atoms with Gasteiger partial charge in [0.25, 0.3) is 5.91 Å². The van der Waals surface area contributed by atoms with E-state index >= 15 is 0 Å². The number of carboxylic acids is 1. The summed E-state index contributed by atoms with van der Waals surface area (Å²) in [5, 5.41) is 12.0. The number of piperazine rings is 2. The van der Waals surface area contributed by atoms with Crippen molar-refractivity contribution >= 4 is 36.1 Å². The van der Waals surface area contributed by atoms with Crippen molar-refractivity contribution < 1.29 is 33.8 Å². The number of anilines is 1. The number of carbonyl (C=O) groups excluding carboxylic acids is 4. The molecule has 14 heteroatoms. The summed E-state index contributed by atoms with van der Waals surface area (Å²) in [5.74, 6) is -1.35. The Bertz CT molecular complexity index is 1280. The number of nitrogens with one attached hydrogen (secondary N) is 1. The molecule has 4 rings (SSSR count). The summed E-state index contributed by atoms with van der Waals surface area (Å²) >= 11 is 0. The van der Waals surface area contributed by atoms with Gasteiger partial charge in [0.2, 0.25) is 12.3 Å². The molecule has 2 aliphatic heterocycles. The van der Waals surface area contributed by atoms with Crippen molar-refractivity contribution in [2.24, 2.45) is 0 Å². The highest BCUT2D eigenvalue weighted by Crippen LogP contribution is 2.22. The molecule has 224 valence electrons. The molecule has 1 unspecified atom stereocenters. The van der Waals surface area contributed by atoms with Gasteiger partial charge in [0.15, 0.2) is 5.82 Å². The van der Waals surface area contributed by atoms with Crippen molar-refractivity contribution in [3.05, 3.63) is 42.1 Å². The fourth-order valence-corrected chi connectivity index (χ4v) is 4.79. The van der Waals surface area contributed by atoms with Crippen molar-refractivity contribution in [3.8, 4) is 11.4 Å². The molecule has 0 bridgehead atoms. The number of hydrogen-bond acceptors (Lipinski definition) is 9. The van der Waals surface area contributed by atoms with Crippen LogP contribution in [-0.2, 0) is 19.1 Å². The van der Waals surface area contributed by atoms with Crippen LogP contribution < -0.4 is 10.2 Å². The number of nitrogens with zero attached hydrogens (tertiary/aromatic N) is 6. The molecule has 1 atom stereocenters. The van der Waals surface area contributed by atoms with Gasteiger partial charge in [0, 0.05) is 70.4 Å². The van der Waals surface area contributed by atoms with E-state index in [4.69, 9.17) is 4.74 Å². The smallest absolute Gasteiger partial charge is 0.409 e. The molecule has 2 N–H and O–H groups in total. The zero-order valence-corrected chi connectivity index (χ0v) is 23.5. The molecule has 2 fully saturated rings. The highest BCUT2D eigenvalue weighted by Gasteiger charge is 2.31. The van der Waals surface area contributed by atoms with Crippen LogP contribution in [0.15, 0.2) is 36.4 Å². The fraction of sp³-hybridized carbons (Fsp3) is 0.464. The number of carboxylic acid groups (broad SMARTS) is 1. The molecule has 1 aromatic heterocycles. The van der Waals surface area contributed by atoms with Gasteiger partial charge in [-0.1, -0.05) is 30.3 Å². The van der Waals surface area contributed by atoms with E-state index in [1.54, 1.807) is 11.8 Å². The zero-order valence-electron chi connectivity index (χ0n) is 23.5. The van der Waals surface area contributed by atoms with E-state index in [0.29, 0.717) is 43.4 Å². The minimum absolute atomic E-state index is 0.0249. The quantitative estimate of drug-likeness (QED) is 0.381. The number of hydrogen-bond donors (Lipinski definition) is 2. The third-order valence-electron chi connectivity index (χ3n) is 7.13. The Labute approximate surface area is 243 Å². The highest BCUT2D eigenvalue weighted by atomic mass is 16.6. The first-order valence-corrected chi connectivity index (χ1v) is 13.9. The van der Waals surface area contributed by atoms with Gasteiger partial charge in [-0.3, -0.25) is 19.2 Å². The van der Waals surface area contributed by atoms with Gasteiger partial charge >= 0.3 is 12.1 Å². The molecule has 0 saturated carbocycles. The maximum absolute atomic E-state index is 13.6. The summed E-state index contributed by atoms with van der Waals surface area (Å²) in [6.45, 7) is 4.96. The van der Waals surface area contributed by atoms with E-state index in [1.807, 2.05) is 35.2 Å². The monoisotopic (exact) mass is 581 g/mol. The summed E-state index contributed by atoms with van der Waals surface area (Å²) in [5.41, 5.74) is 0.717. The molecule has 0 aliphatic carbocycles.